The Morgan fingerprint density at radius 3 is 2.89 bits per heavy atom. The molecular formula is C26H32N4O5. The van der Waals surface area contributed by atoms with Gasteiger partial charge in [0.15, 0.2) is 0 Å². The number of fused-ring (bicyclic) bond motifs is 1. The summed E-state index contributed by atoms with van der Waals surface area (Å²) in [6.07, 6.45) is 7.78. The molecule has 1 saturated heterocycles. The van der Waals surface area contributed by atoms with Crippen LogP contribution in [-0.2, 0) is 0 Å². The smallest absolute Gasteiger partial charge is 0.259 e. The van der Waals surface area contributed by atoms with Gasteiger partial charge in [0.1, 0.15) is 28.5 Å². The summed E-state index contributed by atoms with van der Waals surface area (Å²) in [6.45, 7) is 3.50. The van der Waals surface area contributed by atoms with E-state index < -0.39 is 0 Å². The maximum Gasteiger partial charge on any atom is 0.259 e. The number of β-amino-alcohol motifs (C(OH)–C–C–N with tert-alkyl or cyclic N) is 1. The Hall–Kier alpha value is -3.30. The number of likely N-dealkylation sites (tertiary alicyclic amines) is 1. The Morgan fingerprint density at radius 1 is 1.26 bits per heavy atom. The second kappa shape index (κ2) is 10.1. The number of nitrogens with one attached hydrogen (secondary N) is 1. The fourth-order valence-corrected chi connectivity index (χ4v) is 4.73. The van der Waals surface area contributed by atoms with Gasteiger partial charge in [0.2, 0.25) is 0 Å². The lowest BCUT2D eigenvalue weighted by Crippen LogP contribution is -2.39. The summed E-state index contributed by atoms with van der Waals surface area (Å²) in [7, 11) is 1.49. The second-order valence-electron chi connectivity index (χ2n) is 9.40. The summed E-state index contributed by atoms with van der Waals surface area (Å²) in [5.41, 5.74) is 2.32. The van der Waals surface area contributed by atoms with Crippen LogP contribution < -0.4 is 14.8 Å². The van der Waals surface area contributed by atoms with Crippen LogP contribution in [0.4, 0.5) is 0 Å². The maximum atomic E-state index is 12.6. The van der Waals surface area contributed by atoms with E-state index in [4.69, 9.17) is 9.47 Å². The van der Waals surface area contributed by atoms with E-state index in [1.165, 1.54) is 7.11 Å². The Balaban J connectivity index is 1.32. The topological polar surface area (TPSA) is 109 Å². The predicted octanol–water partition coefficient (Wildman–Crippen LogP) is 2.69. The number of aromatic hydroxyl groups is 1. The number of aromatic nitrogens is 2. The first kappa shape index (κ1) is 23.4. The number of piperidine rings is 1. The number of carbonyl (C=O) groups is 1. The minimum Gasteiger partial charge on any atom is -0.507 e. The van der Waals surface area contributed by atoms with Crippen LogP contribution in [0.2, 0.25) is 0 Å². The Kier molecular flexibility index (Phi) is 6.79. The summed E-state index contributed by atoms with van der Waals surface area (Å²) in [4.78, 5) is 19.4. The minimum atomic E-state index is -0.328. The average molecular weight is 481 g/mol. The van der Waals surface area contributed by atoms with Crippen LogP contribution >= 0.6 is 0 Å². The number of rotatable bonds is 9. The molecule has 3 N–H and O–H groups in total. The SMILES string of the molecule is COc1cc(-c2cnc3cc(OC[C@@H]4CCCN(CCO)C4)ccn23)cc(O)c1C(=O)NC1CC1. The largest absolute Gasteiger partial charge is 0.507 e. The summed E-state index contributed by atoms with van der Waals surface area (Å²) in [6, 6.07) is 7.29. The first-order chi connectivity index (χ1) is 17.1. The zero-order chi connectivity index (χ0) is 24.4. The second-order valence-corrected chi connectivity index (χ2v) is 9.40. The van der Waals surface area contributed by atoms with Crippen molar-refractivity contribution in [2.75, 3.05) is 40.0 Å². The average Bonchev–Trinajstić information content (AvgIpc) is 3.57. The first-order valence-corrected chi connectivity index (χ1v) is 12.2. The third kappa shape index (κ3) is 5.21. The van der Waals surface area contributed by atoms with E-state index in [9.17, 15) is 15.0 Å². The number of aliphatic hydroxyl groups is 1. The number of benzene rings is 1. The molecule has 1 atom stereocenters. The molecule has 0 radical (unpaired) electrons. The number of hydrogen-bond donors (Lipinski definition) is 3. The lowest BCUT2D eigenvalue weighted by molar-refractivity contribution is 0.0945. The molecule has 3 aromatic rings. The summed E-state index contributed by atoms with van der Waals surface area (Å²) in [5.74, 6) is 1.05. The molecule has 0 unspecified atom stereocenters. The van der Waals surface area contributed by atoms with E-state index in [0.717, 1.165) is 55.9 Å². The van der Waals surface area contributed by atoms with Gasteiger partial charge in [-0.3, -0.25) is 9.20 Å². The summed E-state index contributed by atoms with van der Waals surface area (Å²) < 4.78 is 13.4. The maximum absolute atomic E-state index is 12.6. The Morgan fingerprint density at radius 2 is 2.11 bits per heavy atom. The molecule has 1 aliphatic carbocycles. The van der Waals surface area contributed by atoms with Gasteiger partial charge in [0.05, 0.1) is 32.2 Å². The highest BCUT2D eigenvalue weighted by atomic mass is 16.5. The lowest BCUT2D eigenvalue weighted by Gasteiger charge is -2.32. The molecule has 2 fully saturated rings. The number of hydrogen-bond acceptors (Lipinski definition) is 7. The highest BCUT2D eigenvalue weighted by Gasteiger charge is 2.27. The molecule has 35 heavy (non-hydrogen) atoms. The van der Waals surface area contributed by atoms with Crippen molar-refractivity contribution in [2.45, 2.75) is 31.7 Å². The Bertz CT molecular complexity index is 1200. The summed E-state index contributed by atoms with van der Waals surface area (Å²) >= 11 is 0. The number of phenols is 1. The predicted molar refractivity (Wildman–Crippen MR) is 131 cm³/mol. The van der Waals surface area contributed by atoms with Crippen molar-refractivity contribution in [3.05, 3.63) is 42.2 Å². The molecule has 2 aliphatic rings. The van der Waals surface area contributed by atoms with E-state index in [1.54, 1.807) is 18.3 Å². The lowest BCUT2D eigenvalue weighted by atomic mass is 9.99. The van der Waals surface area contributed by atoms with Crippen molar-refractivity contribution < 1.29 is 24.5 Å². The van der Waals surface area contributed by atoms with E-state index in [2.05, 4.69) is 15.2 Å². The third-order valence-corrected chi connectivity index (χ3v) is 6.73. The van der Waals surface area contributed by atoms with Crippen LogP contribution in [0, 0.1) is 5.92 Å². The zero-order valence-electron chi connectivity index (χ0n) is 19.9. The van der Waals surface area contributed by atoms with E-state index in [1.807, 2.05) is 22.7 Å². The number of phenolic OH excluding ortho intramolecular Hbond substituents is 1. The van der Waals surface area contributed by atoms with Crippen molar-refractivity contribution in [3.8, 4) is 28.5 Å². The number of carbonyl (C=O) groups excluding carboxylic acids is 1. The number of ether oxygens (including phenoxy) is 2. The van der Waals surface area contributed by atoms with E-state index in [0.29, 0.717) is 30.4 Å². The standard InChI is InChI=1S/C26H32N4O5/c1-34-23-12-18(11-22(32)25(23)26(33)28-19-4-5-19)21-14-27-24-13-20(6-8-30(21)24)35-16-17-3-2-7-29(15-17)9-10-31/h6,8,11-14,17,19,31-32H,2-5,7,9-10,15-16H2,1H3,(H,28,33)/t17-/m1/s1. The summed E-state index contributed by atoms with van der Waals surface area (Å²) in [5, 5.41) is 22.7. The molecule has 186 valence electrons. The van der Waals surface area contributed by atoms with Gasteiger partial charge in [0.25, 0.3) is 5.91 Å². The van der Waals surface area contributed by atoms with Gasteiger partial charge < -0.3 is 29.9 Å². The van der Waals surface area contributed by atoms with E-state index >= 15 is 0 Å². The van der Waals surface area contributed by atoms with Gasteiger partial charge in [-0.1, -0.05) is 0 Å². The normalized spacial score (nSPS) is 18.5. The molecular weight excluding hydrogens is 448 g/mol. The van der Waals surface area contributed by atoms with Gasteiger partial charge in [-0.2, -0.15) is 0 Å². The first-order valence-electron chi connectivity index (χ1n) is 12.2. The van der Waals surface area contributed by atoms with Crippen LogP contribution in [-0.4, -0.2) is 76.4 Å². The van der Waals surface area contributed by atoms with Gasteiger partial charge >= 0.3 is 0 Å². The van der Waals surface area contributed by atoms with Crippen molar-refractivity contribution in [1.29, 1.82) is 0 Å². The fourth-order valence-electron chi connectivity index (χ4n) is 4.73. The molecule has 3 heterocycles. The number of aliphatic hydroxyl groups excluding tert-OH is 1. The van der Waals surface area contributed by atoms with Gasteiger partial charge in [-0.05, 0) is 50.4 Å². The molecule has 5 rings (SSSR count). The fraction of sp³-hybridized carbons (Fsp3) is 0.462. The molecule has 9 nitrogen and oxygen atoms in total. The van der Waals surface area contributed by atoms with Crippen LogP contribution in [0.25, 0.3) is 16.9 Å². The molecule has 1 amide bonds. The number of methoxy groups -OCH3 is 1. The number of pyridine rings is 1. The van der Waals surface area contributed by atoms with Crippen molar-refractivity contribution >= 4 is 11.6 Å². The van der Waals surface area contributed by atoms with Crippen molar-refractivity contribution in [2.24, 2.45) is 5.92 Å². The van der Waals surface area contributed by atoms with Crippen LogP contribution in [0.15, 0.2) is 36.7 Å². The molecule has 1 aliphatic heterocycles. The molecule has 1 aromatic carbocycles. The molecule has 1 saturated carbocycles. The Labute approximate surface area is 204 Å². The van der Waals surface area contributed by atoms with Gasteiger partial charge in [0, 0.05) is 42.9 Å². The molecule has 0 bridgehead atoms. The van der Waals surface area contributed by atoms with Crippen LogP contribution in [0.3, 0.4) is 0 Å². The molecule has 0 spiro atoms. The minimum absolute atomic E-state index is 0.130. The zero-order valence-corrected chi connectivity index (χ0v) is 19.9. The third-order valence-electron chi connectivity index (χ3n) is 6.73. The molecule has 2 aromatic heterocycles. The monoisotopic (exact) mass is 480 g/mol. The number of imidazole rings is 1. The van der Waals surface area contributed by atoms with Crippen molar-refractivity contribution in [3.63, 3.8) is 0 Å². The highest BCUT2D eigenvalue weighted by molar-refractivity contribution is 6.00. The van der Waals surface area contributed by atoms with Gasteiger partial charge in [-0.15, -0.1) is 0 Å². The number of amides is 1. The van der Waals surface area contributed by atoms with E-state index in [-0.39, 0.29) is 29.9 Å². The molecule has 9 heteroatoms. The number of nitrogens with zero attached hydrogens (tertiary/aromatic N) is 3. The van der Waals surface area contributed by atoms with Crippen LogP contribution in [0.5, 0.6) is 17.2 Å². The van der Waals surface area contributed by atoms with Crippen LogP contribution in [0.1, 0.15) is 36.0 Å². The van der Waals surface area contributed by atoms with Crippen molar-refractivity contribution in [1.82, 2.24) is 19.6 Å². The van der Waals surface area contributed by atoms with Gasteiger partial charge in [-0.25, -0.2) is 4.98 Å². The quantitative estimate of drug-likeness (QED) is 0.432. The highest BCUT2D eigenvalue weighted by Crippen LogP contribution is 2.35.